The number of rotatable bonds is 10. The zero-order valence-electron chi connectivity index (χ0n) is 14.2. The van der Waals surface area contributed by atoms with Crippen LogP contribution in [0.4, 0.5) is 5.69 Å². The number of hydrogen-bond donors (Lipinski definition) is 4. The van der Waals surface area contributed by atoms with Gasteiger partial charge in [0.25, 0.3) is 11.6 Å². The van der Waals surface area contributed by atoms with Gasteiger partial charge in [-0.2, -0.15) is 9.52 Å². The SMILES string of the molecule is C/C(=N\NN(S)C(=O)CCCCCC(=O)NO)c1ccccc1[N+](=O)[O-]. The first-order valence-corrected chi connectivity index (χ1v) is 8.25. The number of benzene rings is 1. The molecule has 1 rings (SSSR count). The van der Waals surface area contributed by atoms with Crippen molar-refractivity contribution in [2.24, 2.45) is 5.10 Å². The summed E-state index contributed by atoms with van der Waals surface area (Å²) in [6, 6.07) is 6.14. The van der Waals surface area contributed by atoms with E-state index in [-0.39, 0.29) is 24.4 Å². The molecule has 0 aliphatic carbocycles. The van der Waals surface area contributed by atoms with Gasteiger partial charge in [-0.25, -0.2) is 11.0 Å². The van der Waals surface area contributed by atoms with Crippen LogP contribution >= 0.6 is 12.8 Å². The topological polar surface area (TPSA) is 137 Å². The van der Waals surface area contributed by atoms with Crippen molar-refractivity contribution in [3.8, 4) is 0 Å². The third kappa shape index (κ3) is 7.07. The van der Waals surface area contributed by atoms with Gasteiger partial charge in [0.15, 0.2) is 0 Å². The summed E-state index contributed by atoms with van der Waals surface area (Å²) in [5, 5.41) is 23.3. The van der Waals surface area contributed by atoms with Gasteiger partial charge >= 0.3 is 0 Å². The monoisotopic (exact) mass is 383 g/mol. The van der Waals surface area contributed by atoms with Crippen LogP contribution in [0.25, 0.3) is 0 Å². The zero-order valence-corrected chi connectivity index (χ0v) is 15.1. The highest BCUT2D eigenvalue weighted by molar-refractivity contribution is 7.78. The molecule has 11 heteroatoms. The molecule has 0 aromatic heterocycles. The number of nitro benzene ring substituents is 1. The predicted molar refractivity (Wildman–Crippen MR) is 97.3 cm³/mol. The lowest BCUT2D eigenvalue weighted by molar-refractivity contribution is -0.385. The van der Waals surface area contributed by atoms with Gasteiger partial charge in [0, 0.05) is 18.9 Å². The minimum atomic E-state index is -0.505. The Hall–Kier alpha value is -2.66. The summed E-state index contributed by atoms with van der Waals surface area (Å²) >= 11 is 3.99. The molecule has 0 radical (unpaired) electrons. The van der Waals surface area contributed by atoms with E-state index < -0.39 is 10.8 Å². The quantitative estimate of drug-likeness (QED) is 0.122. The van der Waals surface area contributed by atoms with Crippen molar-refractivity contribution in [1.29, 1.82) is 0 Å². The number of amides is 2. The van der Waals surface area contributed by atoms with Gasteiger partial charge in [0.1, 0.15) is 0 Å². The van der Waals surface area contributed by atoms with E-state index in [0.29, 0.717) is 30.5 Å². The number of hydrazine groups is 1. The minimum absolute atomic E-state index is 0.0838. The molecule has 0 bridgehead atoms. The third-order valence-electron chi connectivity index (χ3n) is 3.46. The van der Waals surface area contributed by atoms with Gasteiger partial charge in [-0.3, -0.25) is 24.9 Å². The minimum Gasteiger partial charge on any atom is -0.289 e. The van der Waals surface area contributed by atoms with Crippen LogP contribution in [0.2, 0.25) is 0 Å². The number of carbonyl (C=O) groups is 2. The number of hydroxylamine groups is 1. The van der Waals surface area contributed by atoms with E-state index in [1.807, 2.05) is 0 Å². The van der Waals surface area contributed by atoms with E-state index in [0.717, 1.165) is 4.41 Å². The van der Waals surface area contributed by atoms with E-state index in [4.69, 9.17) is 5.21 Å². The Kier molecular flexibility index (Phi) is 9.09. The van der Waals surface area contributed by atoms with Crippen molar-refractivity contribution >= 4 is 36.0 Å². The Morgan fingerprint density at radius 3 is 2.58 bits per heavy atom. The van der Waals surface area contributed by atoms with E-state index in [1.54, 1.807) is 30.6 Å². The largest absolute Gasteiger partial charge is 0.289 e. The molecule has 0 fully saturated rings. The maximum absolute atomic E-state index is 11.9. The van der Waals surface area contributed by atoms with Gasteiger partial charge in [0.2, 0.25) is 5.91 Å². The third-order valence-corrected chi connectivity index (χ3v) is 3.77. The summed E-state index contributed by atoms with van der Waals surface area (Å²) in [5.74, 6) is -0.798. The van der Waals surface area contributed by atoms with Crippen molar-refractivity contribution < 1.29 is 19.7 Å². The van der Waals surface area contributed by atoms with E-state index in [1.165, 1.54) is 6.07 Å². The standard InChI is InChI=1S/C15H21N5O5S/c1-11(12-7-5-6-8-13(12)20(24)25)16-18-19(26)15(22)10-4-2-3-9-14(21)17-23/h5-8,18,23,26H,2-4,9-10H2,1H3,(H,17,21)/b16-11+. The molecule has 0 unspecified atom stereocenters. The molecule has 0 heterocycles. The zero-order chi connectivity index (χ0) is 19.5. The summed E-state index contributed by atoms with van der Waals surface area (Å²) in [7, 11) is 0. The Bertz CT molecular complexity index is 682. The molecule has 0 spiro atoms. The molecule has 142 valence electrons. The molecule has 3 N–H and O–H groups in total. The number of nitrogens with zero attached hydrogens (tertiary/aromatic N) is 3. The summed E-state index contributed by atoms with van der Waals surface area (Å²) in [5.41, 5.74) is 4.56. The predicted octanol–water partition coefficient (Wildman–Crippen LogP) is 1.95. The molecule has 1 aromatic carbocycles. The fourth-order valence-corrected chi connectivity index (χ4v) is 2.22. The van der Waals surface area contributed by atoms with Crippen molar-refractivity contribution in [1.82, 2.24) is 15.4 Å². The number of hydrogen-bond acceptors (Lipinski definition) is 8. The van der Waals surface area contributed by atoms with Crippen LogP contribution in [-0.2, 0) is 9.59 Å². The van der Waals surface area contributed by atoms with Crippen LogP contribution in [0.1, 0.15) is 44.6 Å². The fourth-order valence-electron chi connectivity index (χ4n) is 2.08. The molecule has 26 heavy (non-hydrogen) atoms. The molecule has 0 aliphatic heterocycles. The van der Waals surface area contributed by atoms with Gasteiger partial charge in [-0.05, 0) is 38.6 Å². The molecular formula is C15H21N5O5S. The first-order valence-electron chi connectivity index (χ1n) is 7.85. The lowest BCUT2D eigenvalue weighted by Gasteiger charge is -2.14. The second-order valence-electron chi connectivity index (χ2n) is 5.37. The Labute approximate surface area is 155 Å². The average Bonchev–Trinajstić information content (AvgIpc) is 2.64. The summed E-state index contributed by atoms with van der Waals surface area (Å²) in [6.45, 7) is 1.58. The summed E-state index contributed by atoms with van der Waals surface area (Å²) in [4.78, 5) is 33.3. The molecular weight excluding hydrogens is 362 g/mol. The van der Waals surface area contributed by atoms with E-state index in [2.05, 4.69) is 23.5 Å². The lowest BCUT2D eigenvalue weighted by Crippen LogP contribution is -2.32. The molecule has 10 nitrogen and oxygen atoms in total. The van der Waals surface area contributed by atoms with Crippen LogP contribution in [0.3, 0.4) is 0 Å². The van der Waals surface area contributed by atoms with Crippen LogP contribution < -0.4 is 11.0 Å². The van der Waals surface area contributed by atoms with Crippen LogP contribution in [-0.4, -0.2) is 32.1 Å². The number of thiol groups is 1. The van der Waals surface area contributed by atoms with E-state index in [9.17, 15) is 19.7 Å². The number of nitrogens with one attached hydrogen (secondary N) is 2. The smallest absolute Gasteiger partial charge is 0.278 e. The van der Waals surface area contributed by atoms with Crippen LogP contribution in [0.5, 0.6) is 0 Å². The molecule has 2 amide bonds. The Morgan fingerprint density at radius 1 is 1.27 bits per heavy atom. The number of carbonyl (C=O) groups excluding carboxylic acids is 2. The molecule has 0 saturated heterocycles. The van der Waals surface area contributed by atoms with Crippen molar-refractivity contribution in [2.75, 3.05) is 0 Å². The first-order chi connectivity index (χ1) is 12.4. The average molecular weight is 383 g/mol. The number of hydrazone groups is 1. The second kappa shape index (κ2) is 11.1. The maximum atomic E-state index is 11.9. The van der Waals surface area contributed by atoms with Crippen LogP contribution in [0, 0.1) is 10.1 Å². The van der Waals surface area contributed by atoms with Gasteiger partial charge in [-0.1, -0.05) is 18.6 Å². The highest BCUT2D eigenvalue weighted by Gasteiger charge is 2.15. The summed E-state index contributed by atoms with van der Waals surface area (Å²) < 4.78 is 0.901. The summed E-state index contributed by atoms with van der Waals surface area (Å²) in [6.07, 6.45) is 2.11. The normalized spacial score (nSPS) is 11.0. The van der Waals surface area contributed by atoms with Gasteiger partial charge in [0.05, 0.1) is 16.2 Å². The van der Waals surface area contributed by atoms with E-state index >= 15 is 0 Å². The van der Waals surface area contributed by atoms with Gasteiger partial charge in [-0.15, -0.1) is 0 Å². The van der Waals surface area contributed by atoms with Crippen LogP contribution in [0.15, 0.2) is 29.4 Å². The lowest BCUT2D eigenvalue weighted by atomic mass is 10.1. The molecule has 0 aliphatic rings. The number of unbranched alkanes of at least 4 members (excludes halogenated alkanes) is 2. The van der Waals surface area contributed by atoms with Crippen molar-refractivity contribution in [3.63, 3.8) is 0 Å². The maximum Gasteiger partial charge on any atom is 0.278 e. The Balaban J connectivity index is 2.48. The highest BCUT2D eigenvalue weighted by Crippen LogP contribution is 2.18. The molecule has 0 atom stereocenters. The van der Waals surface area contributed by atoms with Gasteiger partial charge < -0.3 is 0 Å². The highest BCUT2D eigenvalue weighted by atomic mass is 32.1. The molecule has 1 aromatic rings. The second-order valence-corrected chi connectivity index (χ2v) is 5.77. The number of para-hydroxylation sites is 1. The van der Waals surface area contributed by atoms with Crippen molar-refractivity contribution in [3.05, 3.63) is 39.9 Å². The fraction of sp³-hybridized carbons (Fsp3) is 0.400. The molecule has 0 saturated carbocycles. The van der Waals surface area contributed by atoms with Crippen molar-refractivity contribution in [2.45, 2.75) is 39.0 Å². The first kappa shape index (κ1) is 21.4. The Morgan fingerprint density at radius 2 is 1.92 bits per heavy atom. The number of nitro groups is 1.